The Morgan fingerprint density at radius 3 is 2.33 bits per heavy atom. The Bertz CT molecular complexity index is 408. The number of hydrogen-bond donors (Lipinski definition) is 0. The molecule has 0 N–H and O–H groups in total. The van der Waals surface area contributed by atoms with E-state index in [4.69, 9.17) is 9.47 Å². The molecule has 0 aliphatic carbocycles. The van der Waals surface area contributed by atoms with E-state index < -0.39 is 6.16 Å². The van der Waals surface area contributed by atoms with Gasteiger partial charge in [0, 0.05) is 11.6 Å². The molecule has 98 valence electrons. The summed E-state index contributed by atoms with van der Waals surface area (Å²) in [6.07, 6.45) is 0.519. The predicted octanol–water partition coefficient (Wildman–Crippen LogP) is 2.21. The second-order valence-corrected chi connectivity index (χ2v) is 3.15. The molecule has 0 atom stereocenters. The van der Waals surface area contributed by atoms with Gasteiger partial charge in [-0.25, -0.2) is 4.79 Å². The summed E-state index contributed by atoms with van der Waals surface area (Å²) in [4.78, 5) is 15.3. The molecule has 0 fully saturated rings. The van der Waals surface area contributed by atoms with E-state index in [2.05, 4.69) is 14.7 Å². The third-order valence-corrected chi connectivity index (χ3v) is 1.96. The van der Waals surface area contributed by atoms with Crippen molar-refractivity contribution in [2.45, 2.75) is 6.92 Å². The molecule has 0 aliphatic heterocycles. The van der Waals surface area contributed by atoms with Gasteiger partial charge in [0.05, 0.1) is 27.0 Å². The number of rotatable bonds is 5. The second kappa shape index (κ2) is 7.16. The fourth-order valence-electron chi connectivity index (χ4n) is 1.18. The Kier molecular flexibility index (Phi) is 5.50. The van der Waals surface area contributed by atoms with Crippen LogP contribution in [0.2, 0.25) is 0 Å². The summed E-state index contributed by atoms with van der Waals surface area (Å²) >= 11 is 0. The smallest absolute Gasteiger partial charge is 0.497 e. The average molecular weight is 253 g/mol. The van der Waals surface area contributed by atoms with E-state index in [0.29, 0.717) is 17.1 Å². The van der Waals surface area contributed by atoms with Gasteiger partial charge in [-0.2, -0.15) is 0 Å². The normalized spacial score (nSPS) is 10.2. The van der Waals surface area contributed by atoms with Gasteiger partial charge in [-0.05, 0) is 19.1 Å². The third-order valence-electron chi connectivity index (χ3n) is 1.96. The van der Waals surface area contributed by atoms with Crippen LogP contribution in [0.1, 0.15) is 12.5 Å². The molecule has 1 rings (SSSR count). The van der Waals surface area contributed by atoms with E-state index in [9.17, 15) is 4.79 Å². The van der Waals surface area contributed by atoms with Crippen LogP contribution >= 0.6 is 0 Å². The number of nitrogens with zero attached hydrogens (tertiary/aromatic N) is 1. The molecule has 0 radical (unpaired) electrons. The first-order valence-corrected chi connectivity index (χ1v) is 5.29. The first-order valence-electron chi connectivity index (χ1n) is 5.29. The lowest BCUT2D eigenvalue weighted by Gasteiger charge is -2.05. The van der Waals surface area contributed by atoms with Crippen molar-refractivity contribution >= 4 is 12.4 Å². The number of oxime groups is 1. The van der Waals surface area contributed by atoms with Gasteiger partial charge in [0.2, 0.25) is 0 Å². The highest BCUT2D eigenvalue weighted by Gasteiger charge is 2.02. The minimum Gasteiger partial charge on any atom is -0.497 e. The molecular formula is C12H15NO5. The lowest BCUT2D eigenvalue weighted by molar-refractivity contribution is 0.0618. The van der Waals surface area contributed by atoms with Crippen molar-refractivity contribution < 1.29 is 23.8 Å². The predicted molar refractivity (Wildman–Crippen MR) is 65.2 cm³/mol. The lowest BCUT2D eigenvalue weighted by Crippen LogP contribution is -2.03. The van der Waals surface area contributed by atoms with E-state index in [1.54, 1.807) is 39.3 Å². The van der Waals surface area contributed by atoms with Crippen molar-refractivity contribution in [1.29, 1.82) is 0 Å². The average Bonchev–Trinajstić information content (AvgIpc) is 2.38. The van der Waals surface area contributed by atoms with Crippen LogP contribution < -0.4 is 9.47 Å². The second-order valence-electron chi connectivity index (χ2n) is 3.15. The highest BCUT2D eigenvalue weighted by atomic mass is 16.8. The van der Waals surface area contributed by atoms with Crippen molar-refractivity contribution in [2.75, 3.05) is 20.8 Å². The molecule has 0 bridgehead atoms. The van der Waals surface area contributed by atoms with Gasteiger partial charge in [-0.3, -0.25) is 4.84 Å². The van der Waals surface area contributed by atoms with Crippen molar-refractivity contribution in [3.05, 3.63) is 23.8 Å². The first-order chi connectivity index (χ1) is 8.69. The number of benzene rings is 1. The van der Waals surface area contributed by atoms with Crippen molar-refractivity contribution in [3.63, 3.8) is 0 Å². The maximum Gasteiger partial charge on any atom is 0.535 e. The standard InChI is InChI=1S/C12H15NO5/c1-4-17-12(14)18-13-8-9-5-10(15-2)7-11(6-9)16-3/h5-8H,4H2,1-3H3/b13-8+. The van der Waals surface area contributed by atoms with Crippen LogP contribution in [0.25, 0.3) is 0 Å². The molecule has 18 heavy (non-hydrogen) atoms. The van der Waals surface area contributed by atoms with Crippen LogP contribution in [0, 0.1) is 0 Å². The van der Waals surface area contributed by atoms with Crippen LogP contribution in [0.3, 0.4) is 0 Å². The monoisotopic (exact) mass is 253 g/mol. The summed E-state index contributed by atoms with van der Waals surface area (Å²) < 4.78 is 14.7. The van der Waals surface area contributed by atoms with Crippen LogP contribution in [-0.2, 0) is 9.57 Å². The largest absolute Gasteiger partial charge is 0.535 e. The van der Waals surface area contributed by atoms with Crippen molar-refractivity contribution in [1.82, 2.24) is 0 Å². The number of carbonyl (C=O) groups is 1. The Labute approximate surface area is 105 Å². The van der Waals surface area contributed by atoms with E-state index in [1.165, 1.54) is 6.21 Å². The van der Waals surface area contributed by atoms with E-state index in [1.807, 2.05) is 0 Å². The summed E-state index contributed by atoms with van der Waals surface area (Å²) in [5, 5.41) is 3.50. The number of ether oxygens (including phenoxy) is 3. The Hall–Kier alpha value is -2.24. The molecule has 0 aromatic heterocycles. The van der Waals surface area contributed by atoms with Crippen molar-refractivity contribution in [3.8, 4) is 11.5 Å². The zero-order valence-corrected chi connectivity index (χ0v) is 10.5. The molecule has 6 nitrogen and oxygen atoms in total. The Morgan fingerprint density at radius 1 is 1.22 bits per heavy atom. The quantitative estimate of drug-likeness (QED) is 0.348. The highest BCUT2D eigenvalue weighted by Crippen LogP contribution is 2.21. The Morgan fingerprint density at radius 2 is 1.83 bits per heavy atom. The van der Waals surface area contributed by atoms with Gasteiger partial charge in [0.15, 0.2) is 0 Å². The fraction of sp³-hybridized carbons (Fsp3) is 0.333. The number of methoxy groups -OCH3 is 2. The Balaban J connectivity index is 2.71. The van der Waals surface area contributed by atoms with Gasteiger partial charge in [-0.15, -0.1) is 0 Å². The minimum atomic E-state index is -0.844. The van der Waals surface area contributed by atoms with E-state index in [-0.39, 0.29) is 6.61 Å². The van der Waals surface area contributed by atoms with E-state index >= 15 is 0 Å². The molecule has 0 unspecified atom stereocenters. The van der Waals surface area contributed by atoms with Gasteiger partial charge in [0.1, 0.15) is 11.5 Å². The zero-order valence-electron chi connectivity index (χ0n) is 10.5. The van der Waals surface area contributed by atoms with Crippen LogP contribution in [0.5, 0.6) is 11.5 Å². The maximum absolute atomic E-state index is 10.9. The fourth-order valence-corrected chi connectivity index (χ4v) is 1.18. The maximum atomic E-state index is 10.9. The number of hydrogen-bond acceptors (Lipinski definition) is 6. The molecule has 0 amide bonds. The van der Waals surface area contributed by atoms with E-state index in [0.717, 1.165) is 0 Å². The topological polar surface area (TPSA) is 66.4 Å². The first kappa shape index (κ1) is 13.8. The van der Waals surface area contributed by atoms with Crippen LogP contribution in [-0.4, -0.2) is 33.2 Å². The molecule has 0 aliphatic rings. The lowest BCUT2D eigenvalue weighted by atomic mass is 10.2. The van der Waals surface area contributed by atoms with Gasteiger partial charge < -0.3 is 14.2 Å². The minimum absolute atomic E-state index is 0.237. The third kappa shape index (κ3) is 4.32. The SMILES string of the molecule is CCOC(=O)O/N=C/c1cc(OC)cc(OC)c1. The summed E-state index contributed by atoms with van der Waals surface area (Å²) in [7, 11) is 3.09. The summed E-state index contributed by atoms with van der Waals surface area (Å²) in [5.41, 5.74) is 0.676. The molecule has 0 heterocycles. The zero-order chi connectivity index (χ0) is 13.4. The molecule has 0 saturated heterocycles. The van der Waals surface area contributed by atoms with Crippen molar-refractivity contribution in [2.24, 2.45) is 5.16 Å². The molecule has 6 heteroatoms. The summed E-state index contributed by atoms with van der Waals surface area (Å²) in [5.74, 6) is 1.24. The van der Waals surface area contributed by atoms with Gasteiger partial charge in [0.25, 0.3) is 0 Å². The molecule has 1 aromatic carbocycles. The summed E-state index contributed by atoms with van der Waals surface area (Å²) in [6, 6.07) is 5.17. The molecule has 0 spiro atoms. The highest BCUT2D eigenvalue weighted by molar-refractivity contribution is 5.81. The summed E-state index contributed by atoms with van der Waals surface area (Å²) in [6.45, 7) is 1.92. The molecule has 0 saturated carbocycles. The molecule has 1 aromatic rings. The molecular weight excluding hydrogens is 238 g/mol. The van der Waals surface area contributed by atoms with Gasteiger partial charge in [-0.1, -0.05) is 5.16 Å². The number of carbonyl (C=O) groups excluding carboxylic acids is 1. The van der Waals surface area contributed by atoms with Crippen LogP contribution in [0.15, 0.2) is 23.4 Å². The van der Waals surface area contributed by atoms with Crippen LogP contribution in [0.4, 0.5) is 4.79 Å². The van der Waals surface area contributed by atoms with Gasteiger partial charge >= 0.3 is 6.16 Å².